The largest absolute Gasteiger partial charge is 0.306 e. The Labute approximate surface area is 97.0 Å². The van der Waals surface area contributed by atoms with E-state index in [1.165, 1.54) is 0 Å². The molecule has 0 aliphatic heterocycles. The number of carbonyl (C=O) groups is 1. The van der Waals surface area contributed by atoms with Crippen molar-refractivity contribution in [2.24, 2.45) is 0 Å². The summed E-state index contributed by atoms with van der Waals surface area (Å²) in [5, 5.41) is 3.16. The molecule has 1 heterocycles. The van der Waals surface area contributed by atoms with Crippen molar-refractivity contribution >= 4 is 5.91 Å². The van der Waals surface area contributed by atoms with Gasteiger partial charge < -0.3 is 5.32 Å². The fraction of sp³-hybridized carbons (Fsp3) is 0.583. The Hall–Kier alpha value is -1.29. The van der Waals surface area contributed by atoms with Crippen LogP contribution in [0.15, 0.2) is 12.1 Å². The molecule has 2 N–H and O–H groups in total. The molecule has 1 rings (SSSR count). The van der Waals surface area contributed by atoms with Crippen LogP contribution in [0.5, 0.6) is 0 Å². The number of aromatic nitrogens is 1. The summed E-state index contributed by atoms with van der Waals surface area (Å²) >= 11 is 0. The molecule has 90 valence electrons. The molecule has 0 bridgehead atoms. The first kappa shape index (κ1) is 12.8. The van der Waals surface area contributed by atoms with E-state index < -0.39 is 0 Å². The maximum absolute atomic E-state index is 11.6. The zero-order valence-corrected chi connectivity index (χ0v) is 10.5. The molecule has 0 aliphatic rings. The predicted molar refractivity (Wildman–Crippen MR) is 66.0 cm³/mol. The van der Waals surface area contributed by atoms with Gasteiger partial charge in [0.05, 0.1) is 6.54 Å². The number of amides is 1. The molecule has 0 aliphatic carbocycles. The van der Waals surface area contributed by atoms with E-state index in [0.717, 1.165) is 17.8 Å². The van der Waals surface area contributed by atoms with Crippen LogP contribution in [0.1, 0.15) is 31.7 Å². The van der Waals surface area contributed by atoms with Crippen molar-refractivity contribution in [1.82, 2.24) is 9.99 Å². The molecule has 16 heavy (non-hydrogen) atoms. The van der Waals surface area contributed by atoms with Crippen molar-refractivity contribution in [1.29, 1.82) is 0 Å². The number of carbonyl (C=O) groups excluding carboxylic acids is 1. The highest BCUT2D eigenvalue weighted by Crippen LogP contribution is 2.03. The predicted octanol–water partition coefficient (Wildman–Crippen LogP) is 1.56. The quantitative estimate of drug-likeness (QED) is 0.796. The zero-order chi connectivity index (χ0) is 12.1. The number of hydrogen-bond acceptors (Lipinski definition) is 2. The highest BCUT2D eigenvalue weighted by atomic mass is 16.2. The number of nitrogens with zero attached hydrogens (tertiary/aromatic N) is 1. The van der Waals surface area contributed by atoms with Crippen LogP contribution in [0.25, 0.3) is 0 Å². The average Bonchev–Trinajstić information content (AvgIpc) is 2.57. The van der Waals surface area contributed by atoms with Crippen molar-refractivity contribution in [3.63, 3.8) is 0 Å². The fourth-order valence-corrected chi connectivity index (χ4v) is 1.42. The first-order valence-corrected chi connectivity index (χ1v) is 5.72. The van der Waals surface area contributed by atoms with Crippen LogP contribution in [-0.2, 0) is 4.79 Å². The Kier molecular flexibility index (Phi) is 4.55. The lowest BCUT2D eigenvalue weighted by Crippen LogP contribution is -2.37. The van der Waals surface area contributed by atoms with Gasteiger partial charge in [-0.1, -0.05) is 6.92 Å². The lowest BCUT2D eigenvalue weighted by atomic mass is 10.2. The van der Waals surface area contributed by atoms with Gasteiger partial charge in [-0.25, -0.2) is 0 Å². The summed E-state index contributed by atoms with van der Waals surface area (Å²) < 4.78 is 1.81. The minimum Gasteiger partial charge on any atom is -0.306 e. The zero-order valence-electron chi connectivity index (χ0n) is 10.5. The van der Waals surface area contributed by atoms with Gasteiger partial charge in [0, 0.05) is 17.4 Å². The summed E-state index contributed by atoms with van der Waals surface area (Å²) in [4.78, 5) is 11.6. The molecule has 0 fully saturated rings. The van der Waals surface area contributed by atoms with Crippen LogP contribution in [0, 0.1) is 13.8 Å². The Morgan fingerprint density at radius 3 is 2.44 bits per heavy atom. The lowest BCUT2D eigenvalue weighted by Gasteiger charge is -2.14. The van der Waals surface area contributed by atoms with Crippen molar-refractivity contribution in [3.8, 4) is 0 Å². The van der Waals surface area contributed by atoms with Gasteiger partial charge in [0.2, 0.25) is 0 Å². The molecule has 1 atom stereocenters. The number of hydrogen-bond donors (Lipinski definition) is 2. The van der Waals surface area contributed by atoms with E-state index in [-0.39, 0.29) is 5.91 Å². The second kappa shape index (κ2) is 5.70. The van der Waals surface area contributed by atoms with Gasteiger partial charge in [-0.2, -0.15) is 0 Å². The van der Waals surface area contributed by atoms with Crippen molar-refractivity contribution in [2.45, 2.75) is 40.2 Å². The van der Waals surface area contributed by atoms with Gasteiger partial charge >= 0.3 is 0 Å². The SMILES string of the molecule is CCC(C)NCC(=O)Nn1c(C)ccc1C. The standard InChI is InChI=1S/C12H21N3O/c1-5-9(2)13-8-12(16)14-15-10(3)6-7-11(15)4/h6-7,9,13H,5,8H2,1-4H3,(H,14,16). The monoisotopic (exact) mass is 223 g/mol. The van der Waals surface area contributed by atoms with Crippen molar-refractivity contribution in [3.05, 3.63) is 23.5 Å². The molecule has 1 amide bonds. The van der Waals surface area contributed by atoms with Crippen molar-refractivity contribution in [2.75, 3.05) is 12.0 Å². The Bertz CT molecular complexity index is 338. The number of nitrogens with one attached hydrogen (secondary N) is 2. The second-order valence-corrected chi connectivity index (χ2v) is 4.18. The van der Waals surface area contributed by atoms with E-state index in [1.807, 2.05) is 26.0 Å². The molecule has 4 nitrogen and oxygen atoms in total. The topological polar surface area (TPSA) is 46.1 Å². The second-order valence-electron chi connectivity index (χ2n) is 4.18. The molecule has 0 saturated heterocycles. The van der Waals surface area contributed by atoms with Crippen LogP contribution in [0.4, 0.5) is 0 Å². The van der Waals surface area contributed by atoms with Crippen molar-refractivity contribution < 1.29 is 4.79 Å². The van der Waals surface area contributed by atoms with Gasteiger partial charge in [-0.05, 0) is 39.3 Å². The number of rotatable bonds is 5. The maximum atomic E-state index is 11.6. The van der Waals surface area contributed by atoms with Crippen LogP contribution in [-0.4, -0.2) is 23.2 Å². The highest BCUT2D eigenvalue weighted by Gasteiger charge is 2.06. The van der Waals surface area contributed by atoms with E-state index in [0.29, 0.717) is 12.6 Å². The Morgan fingerprint density at radius 1 is 1.38 bits per heavy atom. The average molecular weight is 223 g/mol. The third-order valence-corrected chi connectivity index (χ3v) is 2.73. The first-order chi connectivity index (χ1) is 7.54. The van der Waals surface area contributed by atoms with Crippen LogP contribution in [0.2, 0.25) is 0 Å². The van der Waals surface area contributed by atoms with Gasteiger partial charge in [0.15, 0.2) is 0 Å². The summed E-state index contributed by atoms with van der Waals surface area (Å²) in [5.41, 5.74) is 4.93. The summed E-state index contributed by atoms with van der Waals surface area (Å²) in [5.74, 6) is -0.0114. The molecule has 0 spiro atoms. The molecule has 1 aromatic rings. The van der Waals surface area contributed by atoms with E-state index in [9.17, 15) is 4.79 Å². The Morgan fingerprint density at radius 2 is 1.94 bits per heavy atom. The van der Waals surface area contributed by atoms with Gasteiger partial charge in [-0.3, -0.25) is 14.9 Å². The normalized spacial score (nSPS) is 12.5. The smallest absolute Gasteiger partial charge is 0.252 e. The Balaban J connectivity index is 2.46. The molecular formula is C12H21N3O. The molecule has 0 saturated carbocycles. The first-order valence-electron chi connectivity index (χ1n) is 5.72. The van der Waals surface area contributed by atoms with Gasteiger partial charge in [0.1, 0.15) is 0 Å². The molecule has 0 aromatic carbocycles. The molecule has 0 radical (unpaired) electrons. The van der Waals surface area contributed by atoms with E-state index >= 15 is 0 Å². The summed E-state index contributed by atoms with van der Waals surface area (Å²) in [7, 11) is 0. The van der Waals surface area contributed by atoms with E-state index in [4.69, 9.17) is 0 Å². The lowest BCUT2D eigenvalue weighted by molar-refractivity contribution is -0.116. The third kappa shape index (κ3) is 3.38. The molecule has 1 aromatic heterocycles. The third-order valence-electron chi connectivity index (χ3n) is 2.73. The minimum absolute atomic E-state index is 0.0114. The van der Waals surface area contributed by atoms with Gasteiger partial charge in [0.25, 0.3) is 5.91 Å². The van der Waals surface area contributed by atoms with E-state index in [1.54, 1.807) is 4.68 Å². The molecule has 1 unspecified atom stereocenters. The van der Waals surface area contributed by atoms with Crippen LogP contribution < -0.4 is 10.7 Å². The summed E-state index contributed by atoms with van der Waals surface area (Å²) in [6, 6.07) is 4.34. The summed E-state index contributed by atoms with van der Waals surface area (Å²) in [6.07, 6.45) is 1.02. The summed E-state index contributed by atoms with van der Waals surface area (Å²) in [6.45, 7) is 8.45. The van der Waals surface area contributed by atoms with Gasteiger partial charge in [-0.15, -0.1) is 0 Å². The minimum atomic E-state index is -0.0114. The van der Waals surface area contributed by atoms with E-state index in [2.05, 4.69) is 24.6 Å². The van der Waals surface area contributed by atoms with Crippen LogP contribution in [0.3, 0.4) is 0 Å². The van der Waals surface area contributed by atoms with Crippen LogP contribution >= 0.6 is 0 Å². The molecular weight excluding hydrogens is 202 g/mol. The number of aryl methyl sites for hydroxylation is 2. The maximum Gasteiger partial charge on any atom is 0.252 e. The molecule has 4 heteroatoms. The highest BCUT2D eigenvalue weighted by molar-refractivity contribution is 5.85. The fourth-order valence-electron chi connectivity index (χ4n) is 1.42.